The van der Waals surface area contributed by atoms with E-state index in [9.17, 15) is 13.2 Å². The van der Waals surface area contributed by atoms with Gasteiger partial charge in [-0.1, -0.05) is 6.42 Å². The molecule has 0 aliphatic heterocycles. The standard InChI is InChI=1S/C11H23N3O4S/c1-8(2)18-11(15)14-19(16,17)13-7-10-5-3-4-9(10)6-12/h8-10,13H,3-7,12H2,1-2H3,(H,14,15). The van der Waals surface area contributed by atoms with Crippen molar-refractivity contribution in [3.05, 3.63) is 0 Å². The van der Waals surface area contributed by atoms with Crippen molar-refractivity contribution in [2.24, 2.45) is 17.6 Å². The van der Waals surface area contributed by atoms with Crippen LogP contribution in [0.2, 0.25) is 0 Å². The summed E-state index contributed by atoms with van der Waals surface area (Å²) in [6, 6.07) is 0. The number of nitrogens with two attached hydrogens (primary N) is 1. The molecule has 8 heteroatoms. The first-order valence-corrected chi connectivity index (χ1v) is 8.00. The molecule has 0 heterocycles. The van der Waals surface area contributed by atoms with Crippen LogP contribution in [0.1, 0.15) is 33.1 Å². The highest BCUT2D eigenvalue weighted by molar-refractivity contribution is 7.88. The van der Waals surface area contributed by atoms with E-state index in [1.165, 1.54) is 0 Å². The third-order valence-electron chi connectivity index (χ3n) is 3.22. The van der Waals surface area contributed by atoms with Crippen molar-refractivity contribution in [1.82, 2.24) is 9.44 Å². The maximum Gasteiger partial charge on any atom is 0.422 e. The Hall–Kier alpha value is -0.860. The summed E-state index contributed by atoms with van der Waals surface area (Å²) in [4.78, 5) is 11.2. The predicted octanol–water partition coefficient (Wildman–Crippen LogP) is 0.330. The van der Waals surface area contributed by atoms with Gasteiger partial charge in [0.2, 0.25) is 0 Å². The molecule has 0 aromatic carbocycles. The number of rotatable bonds is 6. The van der Waals surface area contributed by atoms with Crippen molar-refractivity contribution in [2.45, 2.75) is 39.2 Å². The fraction of sp³-hybridized carbons (Fsp3) is 0.909. The second kappa shape index (κ2) is 7.06. The molecule has 1 amide bonds. The lowest BCUT2D eigenvalue weighted by molar-refractivity contribution is 0.121. The first-order chi connectivity index (χ1) is 8.84. The summed E-state index contributed by atoms with van der Waals surface area (Å²) in [6.45, 7) is 4.15. The minimum absolute atomic E-state index is 0.239. The highest BCUT2D eigenvalue weighted by Gasteiger charge is 2.27. The van der Waals surface area contributed by atoms with Crippen LogP contribution >= 0.6 is 0 Å². The molecule has 1 rings (SSSR count). The summed E-state index contributed by atoms with van der Waals surface area (Å²) in [6.07, 6.45) is 1.72. The van der Waals surface area contributed by atoms with Crippen LogP contribution in [-0.4, -0.2) is 33.7 Å². The van der Waals surface area contributed by atoms with E-state index in [2.05, 4.69) is 4.72 Å². The monoisotopic (exact) mass is 293 g/mol. The largest absolute Gasteiger partial charge is 0.446 e. The van der Waals surface area contributed by atoms with Gasteiger partial charge in [0.15, 0.2) is 0 Å². The van der Waals surface area contributed by atoms with Gasteiger partial charge < -0.3 is 10.5 Å². The lowest BCUT2D eigenvalue weighted by atomic mass is 9.97. The number of carbonyl (C=O) groups is 1. The fourth-order valence-electron chi connectivity index (χ4n) is 2.29. The molecule has 7 nitrogen and oxygen atoms in total. The van der Waals surface area contributed by atoms with Gasteiger partial charge in [0.1, 0.15) is 0 Å². The summed E-state index contributed by atoms with van der Waals surface area (Å²) >= 11 is 0. The zero-order valence-electron chi connectivity index (χ0n) is 11.4. The van der Waals surface area contributed by atoms with Crippen molar-refractivity contribution in [3.8, 4) is 0 Å². The van der Waals surface area contributed by atoms with Crippen molar-refractivity contribution >= 4 is 16.3 Å². The molecule has 0 spiro atoms. The van der Waals surface area contributed by atoms with Gasteiger partial charge in [-0.05, 0) is 45.1 Å². The molecular weight excluding hydrogens is 270 g/mol. The quantitative estimate of drug-likeness (QED) is 0.653. The van der Waals surface area contributed by atoms with E-state index in [1.54, 1.807) is 13.8 Å². The SMILES string of the molecule is CC(C)OC(=O)NS(=O)(=O)NCC1CCCC1CN. The Bertz CT molecular complexity index is 397. The summed E-state index contributed by atoms with van der Waals surface area (Å²) in [5, 5.41) is 0. The van der Waals surface area contributed by atoms with Gasteiger partial charge >= 0.3 is 16.3 Å². The van der Waals surface area contributed by atoms with Gasteiger partial charge in [-0.25, -0.2) is 9.52 Å². The Morgan fingerprint density at radius 3 is 2.58 bits per heavy atom. The Morgan fingerprint density at radius 1 is 1.37 bits per heavy atom. The minimum Gasteiger partial charge on any atom is -0.446 e. The zero-order chi connectivity index (χ0) is 14.5. The van der Waals surface area contributed by atoms with E-state index in [4.69, 9.17) is 10.5 Å². The summed E-state index contributed by atoms with van der Waals surface area (Å²) in [5.41, 5.74) is 5.63. The fourth-order valence-corrected chi connectivity index (χ4v) is 3.07. The average Bonchev–Trinajstić information content (AvgIpc) is 2.71. The van der Waals surface area contributed by atoms with Crippen LogP contribution in [0.5, 0.6) is 0 Å². The summed E-state index contributed by atoms with van der Waals surface area (Å²) in [7, 11) is -3.86. The number of nitrogens with one attached hydrogen (secondary N) is 2. The van der Waals surface area contributed by atoms with Crippen molar-refractivity contribution in [3.63, 3.8) is 0 Å². The molecule has 1 aliphatic rings. The smallest absolute Gasteiger partial charge is 0.422 e. The van der Waals surface area contributed by atoms with E-state index in [0.29, 0.717) is 19.0 Å². The van der Waals surface area contributed by atoms with Gasteiger partial charge in [0.25, 0.3) is 0 Å². The molecular formula is C11H23N3O4S. The van der Waals surface area contributed by atoms with Gasteiger partial charge in [-0.2, -0.15) is 13.1 Å². The summed E-state index contributed by atoms with van der Waals surface area (Å²) in [5.74, 6) is 0.591. The molecule has 0 aromatic heterocycles. The normalized spacial score (nSPS) is 23.6. The average molecular weight is 293 g/mol. The molecule has 1 saturated carbocycles. The van der Waals surface area contributed by atoms with E-state index in [0.717, 1.165) is 19.3 Å². The van der Waals surface area contributed by atoms with Crippen LogP contribution in [0.3, 0.4) is 0 Å². The highest BCUT2D eigenvalue weighted by atomic mass is 32.2. The molecule has 4 N–H and O–H groups in total. The topological polar surface area (TPSA) is 111 Å². The van der Waals surface area contributed by atoms with E-state index < -0.39 is 16.3 Å². The van der Waals surface area contributed by atoms with E-state index >= 15 is 0 Å². The Balaban J connectivity index is 2.40. The first-order valence-electron chi connectivity index (χ1n) is 6.52. The van der Waals surface area contributed by atoms with E-state index in [1.807, 2.05) is 4.72 Å². The minimum atomic E-state index is -3.86. The van der Waals surface area contributed by atoms with Crippen LogP contribution in [0.4, 0.5) is 4.79 Å². The molecule has 112 valence electrons. The summed E-state index contributed by atoms with van der Waals surface area (Å²) < 4.78 is 32.1. The zero-order valence-corrected chi connectivity index (χ0v) is 12.2. The van der Waals surface area contributed by atoms with Crippen molar-refractivity contribution in [2.75, 3.05) is 13.1 Å². The number of amides is 1. The second-order valence-corrected chi connectivity index (χ2v) is 6.59. The second-order valence-electron chi connectivity index (χ2n) is 5.09. The Morgan fingerprint density at radius 2 is 2.00 bits per heavy atom. The number of ether oxygens (including phenoxy) is 1. The third-order valence-corrected chi connectivity index (χ3v) is 4.20. The first kappa shape index (κ1) is 16.2. The van der Waals surface area contributed by atoms with Crippen molar-refractivity contribution in [1.29, 1.82) is 0 Å². The maximum absolute atomic E-state index is 11.6. The van der Waals surface area contributed by atoms with Gasteiger partial charge in [-0.15, -0.1) is 0 Å². The molecule has 0 radical (unpaired) electrons. The molecule has 1 aliphatic carbocycles. The Labute approximate surface area is 114 Å². The molecule has 0 saturated heterocycles. The number of hydrogen-bond donors (Lipinski definition) is 3. The van der Waals surface area contributed by atoms with Crippen LogP contribution in [0.25, 0.3) is 0 Å². The predicted molar refractivity (Wildman–Crippen MR) is 71.6 cm³/mol. The third kappa shape index (κ3) is 5.75. The highest BCUT2D eigenvalue weighted by Crippen LogP contribution is 2.30. The van der Waals surface area contributed by atoms with Crippen molar-refractivity contribution < 1.29 is 17.9 Å². The van der Waals surface area contributed by atoms with Gasteiger partial charge in [-0.3, -0.25) is 0 Å². The van der Waals surface area contributed by atoms with Crippen LogP contribution in [0.15, 0.2) is 0 Å². The lowest BCUT2D eigenvalue weighted by Crippen LogP contribution is -2.43. The molecule has 2 unspecified atom stereocenters. The lowest BCUT2D eigenvalue weighted by Gasteiger charge is -2.18. The maximum atomic E-state index is 11.6. The molecule has 1 fully saturated rings. The van der Waals surface area contributed by atoms with Crippen LogP contribution in [-0.2, 0) is 14.9 Å². The number of hydrogen-bond acceptors (Lipinski definition) is 5. The van der Waals surface area contributed by atoms with Crippen LogP contribution < -0.4 is 15.2 Å². The van der Waals surface area contributed by atoms with Gasteiger partial charge in [0.05, 0.1) is 6.10 Å². The molecule has 19 heavy (non-hydrogen) atoms. The number of carbonyl (C=O) groups excluding carboxylic acids is 1. The van der Waals surface area contributed by atoms with E-state index in [-0.39, 0.29) is 12.0 Å². The van der Waals surface area contributed by atoms with Crippen LogP contribution in [0, 0.1) is 11.8 Å². The molecule has 2 atom stereocenters. The Kier molecular flexibility index (Phi) is 6.02. The molecule has 0 bridgehead atoms. The van der Waals surface area contributed by atoms with Gasteiger partial charge in [0, 0.05) is 6.54 Å². The molecule has 0 aromatic rings.